The normalized spacial score (nSPS) is 16.1. The van der Waals surface area contributed by atoms with Crippen LogP contribution in [-0.2, 0) is 14.3 Å². The summed E-state index contributed by atoms with van der Waals surface area (Å²) < 4.78 is 6.49. The van der Waals surface area contributed by atoms with E-state index in [9.17, 15) is 14.7 Å². The molecule has 0 unspecified atom stereocenters. The molecule has 8 nitrogen and oxygen atoms in total. The molecule has 1 aliphatic rings. The summed E-state index contributed by atoms with van der Waals surface area (Å²) in [6.07, 6.45) is 6.08. The Morgan fingerprint density at radius 3 is 2.77 bits per heavy atom. The number of carbonyl (C=O) groups excluding carboxylic acids is 2. The van der Waals surface area contributed by atoms with E-state index < -0.39 is 24.1 Å². The van der Waals surface area contributed by atoms with Crippen molar-refractivity contribution in [2.45, 2.75) is 37.7 Å². The minimum absolute atomic E-state index is 0.359. The molecule has 1 fully saturated rings. The van der Waals surface area contributed by atoms with Gasteiger partial charge in [0.2, 0.25) is 0 Å². The summed E-state index contributed by atoms with van der Waals surface area (Å²) in [5.74, 6) is -1.30. The Labute approximate surface area is 155 Å². The molecule has 1 amide bonds. The highest BCUT2D eigenvalue weighted by atomic mass is 35.5. The molecule has 1 heterocycles. The number of amides is 1. The van der Waals surface area contributed by atoms with Gasteiger partial charge in [-0.05, 0) is 43.9 Å². The average Bonchev–Trinajstić information content (AvgIpc) is 3.15. The molecule has 26 heavy (non-hydrogen) atoms. The number of anilines is 1. The van der Waals surface area contributed by atoms with E-state index in [1.54, 1.807) is 18.2 Å². The lowest BCUT2D eigenvalue weighted by Crippen LogP contribution is -2.42. The standard InChI is InChI=1S/C17H19ClN4O4/c18-12-4-5-14(22-11-19-10-20-22)13(8-12)21-15(23)9-26-16(24)17(25)6-2-1-3-7-17/h4-5,8,10-11,25H,1-3,6-7,9H2,(H,21,23). The average molecular weight is 379 g/mol. The third kappa shape index (κ3) is 4.20. The number of nitrogens with zero attached hydrogens (tertiary/aromatic N) is 3. The van der Waals surface area contributed by atoms with Gasteiger partial charge in [0.05, 0.1) is 11.4 Å². The van der Waals surface area contributed by atoms with Crippen LogP contribution in [0, 0.1) is 0 Å². The lowest BCUT2D eigenvalue weighted by Gasteiger charge is -2.29. The van der Waals surface area contributed by atoms with Gasteiger partial charge in [-0.25, -0.2) is 14.5 Å². The first-order chi connectivity index (χ1) is 12.5. The number of nitrogens with one attached hydrogen (secondary N) is 1. The maximum absolute atomic E-state index is 12.2. The Kier molecular flexibility index (Phi) is 5.53. The van der Waals surface area contributed by atoms with Crippen LogP contribution in [0.25, 0.3) is 5.69 Å². The Morgan fingerprint density at radius 1 is 1.31 bits per heavy atom. The second-order valence-electron chi connectivity index (χ2n) is 6.22. The van der Waals surface area contributed by atoms with Gasteiger partial charge in [0.25, 0.3) is 5.91 Å². The molecule has 0 atom stereocenters. The number of hydrogen-bond acceptors (Lipinski definition) is 6. The van der Waals surface area contributed by atoms with Gasteiger partial charge in [-0.3, -0.25) is 4.79 Å². The van der Waals surface area contributed by atoms with Gasteiger partial charge in [0.15, 0.2) is 12.2 Å². The summed E-state index contributed by atoms with van der Waals surface area (Å²) in [6.45, 7) is -0.496. The van der Waals surface area contributed by atoms with Gasteiger partial charge in [-0.2, -0.15) is 5.10 Å². The van der Waals surface area contributed by atoms with Crippen molar-refractivity contribution in [3.63, 3.8) is 0 Å². The number of halogens is 1. The van der Waals surface area contributed by atoms with E-state index in [4.69, 9.17) is 16.3 Å². The third-order valence-corrected chi connectivity index (χ3v) is 4.53. The zero-order valence-electron chi connectivity index (χ0n) is 14.0. The number of benzene rings is 1. The predicted molar refractivity (Wildman–Crippen MR) is 94.0 cm³/mol. The molecule has 0 aliphatic heterocycles. The number of aromatic nitrogens is 3. The van der Waals surface area contributed by atoms with Crippen molar-refractivity contribution in [1.82, 2.24) is 14.8 Å². The topological polar surface area (TPSA) is 106 Å². The highest BCUT2D eigenvalue weighted by Gasteiger charge is 2.38. The molecule has 1 aliphatic carbocycles. The van der Waals surface area contributed by atoms with Crippen molar-refractivity contribution in [2.24, 2.45) is 0 Å². The first-order valence-corrected chi connectivity index (χ1v) is 8.70. The molecule has 3 rings (SSSR count). The molecule has 0 bridgehead atoms. The maximum atomic E-state index is 12.2. The first-order valence-electron chi connectivity index (χ1n) is 8.32. The molecule has 2 N–H and O–H groups in total. The van der Waals surface area contributed by atoms with Crippen LogP contribution >= 0.6 is 11.6 Å². The SMILES string of the molecule is O=C(COC(=O)C1(O)CCCCC1)Nc1cc(Cl)ccc1-n1cncn1. The molecule has 0 spiro atoms. The molecule has 0 radical (unpaired) electrons. The monoisotopic (exact) mass is 378 g/mol. The smallest absolute Gasteiger partial charge is 0.338 e. The van der Waals surface area contributed by atoms with E-state index >= 15 is 0 Å². The zero-order chi connectivity index (χ0) is 18.6. The van der Waals surface area contributed by atoms with Crippen molar-refractivity contribution in [1.29, 1.82) is 0 Å². The number of hydrogen-bond donors (Lipinski definition) is 2. The van der Waals surface area contributed by atoms with Crippen LogP contribution in [0.3, 0.4) is 0 Å². The second kappa shape index (κ2) is 7.84. The van der Waals surface area contributed by atoms with Crippen LogP contribution in [-0.4, -0.2) is 44.0 Å². The van der Waals surface area contributed by atoms with Crippen molar-refractivity contribution >= 4 is 29.2 Å². The number of esters is 1. The number of rotatable bonds is 5. The van der Waals surface area contributed by atoms with E-state index in [0.717, 1.165) is 19.3 Å². The molecule has 9 heteroatoms. The highest BCUT2D eigenvalue weighted by molar-refractivity contribution is 6.31. The second-order valence-corrected chi connectivity index (χ2v) is 6.65. The Balaban J connectivity index is 1.63. The van der Waals surface area contributed by atoms with Crippen LogP contribution in [0.4, 0.5) is 5.69 Å². The highest BCUT2D eigenvalue weighted by Crippen LogP contribution is 2.29. The Hall–Kier alpha value is -2.45. The van der Waals surface area contributed by atoms with Gasteiger partial charge in [-0.15, -0.1) is 0 Å². The molecular weight excluding hydrogens is 360 g/mol. The maximum Gasteiger partial charge on any atom is 0.338 e. The minimum atomic E-state index is -1.49. The molecule has 2 aromatic rings. The summed E-state index contributed by atoms with van der Waals surface area (Å²) in [6, 6.07) is 4.91. The Bertz CT molecular complexity index is 788. The number of aliphatic hydroxyl groups is 1. The molecule has 1 aromatic heterocycles. The van der Waals surface area contributed by atoms with Crippen LogP contribution in [0.1, 0.15) is 32.1 Å². The van der Waals surface area contributed by atoms with E-state index in [0.29, 0.717) is 29.2 Å². The van der Waals surface area contributed by atoms with Crippen LogP contribution in [0.5, 0.6) is 0 Å². The molecule has 1 aromatic carbocycles. The van der Waals surface area contributed by atoms with Crippen molar-refractivity contribution < 1.29 is 19.4 Å². The van der Waals surface area contributed by atoms with Gasteiger partial charge < -0.3 is 15.2 Å². The lowest BCUT2D eigenvalue weighted by molar-refractivity contribution is -0.170. The van der Waals surface area contributed by atoms with E-state index in [-0.39, 0.29) is 0 Å². The van der Waals surface area contributed by atoms with Gasteiger partial charge in [-0.1, -0.05) is 18.0 Å². The fourth-order valence-corrected chi connectivity index (χ4v) is 3.11. The van der Waals surface area contributed by atoms with E-state index in [1.807, 2.05) is 0 Å². The van der Waals surface area contributed by atoms with E-state index in [2.05, 4.69) is 15.4 Å². The fraction of sp³-hybridized carbons (Fsp3) is 0.412. The summed E-state index contributed by atoms with van der Waals surface area (Å²) in [5.41, 5.74) is -0.515. The largest absolute Gasteiger partial charge is 0.453 e. The summed E-state index contributed by atoms with van der Waals surface area (Å²) in [7, 11) is 0. The van der Waals surface area contributed by atoms with Gasteiger partial charge in [0.1, 0.15) is 12.7 Å². The lowest BCUT2D eigenvalue weighted by atomic mass is 9.85. The summed E-state index contributed by atoms with van der Waals surface area (Å²) >= 11 is 5.99. The molecule has 138 valence electrons. The predicted octanol–water partition coefficient (Wildman–Crippen LogP) is 2.10. The van der Waals surface area contributed by atoms with Crippen LogP contribution in [0.2, 0.25) is 5.02 Å². The quantitative estimate of drug-likeness (QED) is 0.771. The van der Waals surface area contributed by atoms with Crippen LogP contribution in [0.15, 0.2) is 30.9 Å². The fourth-order valence-electron chi connectivity index (χ4n) is 2.93. The van der Waals surface area contributed by atoms with Crippen molar-refractivity contribution in [2.75, 3.05) is 11.9 Å². The van der Waals surface area contributed by atoms with Crippen molar-refractivity contribution in [3.05, 3.63) is 35.9 Å². The van der Waals surface area contributed by atoms with Gasteiger partial charge in [0, 0.05) is 5.02 Å². The minimum Gasteiger partial charge on any atom is -0.453 e. The molecule has 1 saturated carbocycles. The molecule has 0 saturated heterocycles. The molecular formula is C17H19ClN4O4. The van der Waals surface area contributed by atoms with E-state index in [1.165, 1.54) is 17.3 Å². The Morgan fingerprint density at radius 2 is 2.08 bits per heavy atom. The summed E-state index contributed by atoms with van der Waals surface area (Å²) in [4.78, 5) is 28.1. The summed E-state index contributed by atoms with van der Waals surface area (Å²) in [5, 5.41) is 17.4. The first kappa shape index (κ1) is 18.3. The van der Waals surface area contributed by atoms with Crippen LogP contribution < -0.4 is 5.32 Å². The van der Waals surface area contributed by atoms with Gasteiger partial charge >= 0.3 is 5.97 Å². The van der Waals surface area contributed by atoms with Crippen molar-refractivity contribution in [3.8, 4) is 5.69 Å². The number of carbonyl (C=O) groups is 2. The zero-order valence-corrected chi connectivity index (χ0v) is 14.8. The third-order valence-electron chi connectivity index (χ3n) is 4.29. The number of ether oxygens (including phenoxy) is 1.